The Morgan fingerprint density at radius 1 is 0.885 bits per heavy atom. The molecule has 0 radical (unpaired) electrons. The van der Waals surface area contributed by atoms with Crippen LogP contribution < -0.4 is 0 Å². The van der Waals surface area contributed by atoms with E-state index in [4.69, 9.17) is 0 Å². The molecule has 3 heteroatoms. The Kier molecular flexibility index (Phi) is 4.90. The van der Waals surface area contributed by atoms with E-state index in [9.17, 15) is 8.78 Å². The molecule has 3 aromatic rings. The van der Waals surface area contributed by atoms with Crippen molar-refractivity contribution in [3.8, 4) is 21.6 Å². The van der Waals surface area contributed by atoms with Gasteiger partial charge in [0.25, 0.3) is 0 Å². The van der Waals surface area contributed by atoms with Crippen LogP contribution in [0.1, 0.15) is 36.6 Å². The molecule has 1 aromatic heterocycles. The van der Waals surface area contributed by atoms with E-state index < -0.39 is 11.6 Å². The quantitative estimate of drug-likeness (QED) is 0.429. The number of hydrogen-bond donors (Lipinski definition) is 0. The summed E-state index contributed by atoms with van der Waals surface area (Å²) in [7, 11) is 0. The van der Waals surface area contributed by atoms with Crippen LogP contribution in [0.3, 0.4) is 0 Å². The van der Waals surface area contributed by atoms with Crippen molar-refractivity contribution in [3.63, 3.8) is 0 Å². The van der Waals surface area contributed by atoms with Crippen molar-refractivity contribution in [3.05, 3.63) is 70.6 Å². The van der Waals surface area contributed by atoms with Gasteiger partial charge in [-0.15, -0.1) is 11.3 Å². The van der Waals surface area contributed by atoms with Gasteiger partial charge in [0.05, 0.1) is 0 Å². The van der Waals surface area contributed by atoms with Gasteiger partial charge >= 0.3 is 0 Å². The first-order chi connectivity index (χ1) is 12.7. The largest absolute Gasteiger partial charge is 0.203 e. The van der Waals surface area contributed by atoms with Gasteiger partial charge in [0.15, 0.2) is 11.6 Å². The maximum Gasteiger partial charge on any atom is 0.168 e. The Labute approximate surface area is 157 Å². The van der Waals surface area contributed by atoms with Gasteiger partial charge in [0, 0.05) is 20.9 Å². The molecular formula is C23H22F2S. The van der Waals surface area contributed by atoms with Crippen LogP contribution >= 0.6 is 11.3 Å². The molecule has 0 bridgehead atoms. The van der Waals surface area contributed by atoms with E-state index in [1.54, 1.807) is 23.5 Å². The molecule has 1 aliphatic carbocycles. The van der Waals surface area contributed by atoms with Crippen molar-refractivity contribution in [2.45, 2.75) is 39.0 Å². The van der Waals surface area contributed by atoms with Crippen LogP contribution in [-0.4, -0.2) is 0 Å². The molecule has 1 saturated carbocycles. The summed E-state index contributed by atoms with van der Waals surface area (Å²) in [4.78, 5) is 2.07. The van der Waals surface area contributed by atoms with Crippen molar-refractivity contribution in [1.29, 1.82) is 0 Å². The molecular weight excluding hydrogens is 346 g/mol. The number of hydrogen-bond acceptors (Lipinski definition) is 1. The van der Waals surface area contributed by atoms with Gasteiger partial charge in [-0.25, -0.2) is 8.78 Å². The van der Waals surface area contributed by atoms with Crippen molar-refractivity contribution in [2.24, 2.45) is 5.92 Å². The third kappa shape index (κ3) is 3.59. The molecule has 1 heterocycles. The van der Waals surface area contributed by atoms with E-state index in [0.717, 1.165) is 30.1 Å². The molecule has 0 spiro atoms. The summed E-state index contributed by atoms with van der Waals surface area (Å²) in [6.45, 7) is 2.13. The SMILES string of the molecule is CCCc1ccc(-c2ccc(-c3ccc(CC4CC4)s3)c(F)c2F)cc1. The van der Waals surface area contributed by atoms with Gasteiger partial charge in [-0.3, -0.25) is 0 Å². The van der Waals surface area contributed by atoms with Gasteiger partial charge < -0.3 is 0 Å². The maximum atomic E-state index is 14.7. The second kappa shape index (κ2) is 7.32. The summed E-state index contributed by atoms with van der Waals surface area (Å²) < 4.78 is 29.5. The number of thiophene rings is 1. The average molecular weight is 368 g/mol. The van der Waals surface area contributed by atoms with Crippen molar-refractivity contribution in [1.82, 2.24) is 0 Å². The van der Waals surface area contributed by atoms with E-state index in [2.05, 4.69) is 13.0 Å². The molecule has 0 amide bonds. The lowest BCUT2D eigenvalue weighted by atomic mass is 10.00. The molecule has 0 aliphatic heterocycles. The molecule has 2 aromatic carbocycles. The van der Waals surface area contributed by atoms with Gasteiger partial charge in [0.1, 0.15) is 0 Å². The fraction of sp³-hybridized carbons (Fsp3) is 0.304. The molecule has 134 valence electrons. The van der Waals surface area contributed by atoms with Crippen LogP contribution in [0.2, 0.25) is 0 Å². The first-order valence-electron chi connectivity index (χ1n) is 9.32. The predicted octanol–water partition coefficient (Wildman–Crippen LogP) is 7.27. The van der Waals surface area contributed by atoms with Crippen LogP contribution in [0.15, 0.2) is 48.5 Å². The first kappa shape index (κ1) is 17.4. The Balaban J connectivity index is 1.62. The zero-order valence-electron chi connectivity index (χ0n) is 14.9. The lowest BCUT2D eigenvalue weighted by molar-refractivity contribution is 0.514. The Bertz CT molecular complexity index is 904. The average Bonchev–Trinajstić information content (AvgIpc) is 3.34. The molecule has 0 atom stereocenters. The topological polar surface area (TPSA) is 0 Å². The molecule has 0 N–H and O–H groups in total. The number of halogens is 2. The lowest BCUT2D eigenvalue weighted by Gasteiger charge is -2.09. The Morgan fingerprint density at radius 2 is 1.58 bits per heavy atom. The second-order valence-electron chi connectivity index (χ2n) is 7.15. The van der Waals surface area contributed by atoms with Crippen molar-refractivity contribution in [2.75, 3.05) is 0 Å². The minimum absolute atomic E-state index is 0.323. The van der Waals surface area contributed by atoms with Gasteiger partial charge in [-0.05, 0) is 60.9 Å². The molecule has 26 heavy (non-hydrogen) atoms. The Morgan fingerprint density at radius 3 is 2.27 bits per heavy atom. The summed E-state index contributed by atoms with van der Waals surface area (Å²) in [5, 5.41) is 0. The van der Waals surface area contributed by atoms with Gasteiger partial charge in [0.2, 0.25) is 0 Å². The summed E-state index contributed by atoms with van der Waals surface area (Å²) >= 11 is 1.58. The highest BCUT2D eigenvalue weighted by Gasteiger charge is 2.23. The summed E-state index contributed by atoms with van der Waals surface area (Å²) in [6.07, 6.45) is 5.72. The fourth-order valence-corrected chi connectivity index (χ4v) is 4.48. The molecule has 0 saturated heterocycles. The van der Waals surface area contributed by atoms with E-state index >= 15 is 0 Å². The monoisotopic (exact) mass is 368 g/mol. The van der Waals surface area contributed by atoms with Crippen LogP contribution in [-0.2, 0) is 12.8 Å². The van der Waals surface area contributed by atoms with E-state index in [1.807, 2.05) is 30.3 Å². The molecule has 4 rings (SSSR count). The van der Waals surface area contributed by atoms with E-state index in [0.29, 0.717) is 16.7 Å². The van der Waals surface area contributed by atoms with Gasteiger partial charge in [-0.2, -0.15) is 0 Å². The van der Waals surface area contributed by atoms with E-state index in [-0.39, 0.29) is 0 Å². The fourth-order valence-electron chi connectivity index (χ4n) is 3.34. The molecule has 0 nitrogen and oxygen atoms in total. The molecule has 1 fully saturated rings. The number of rotatable bonds is 6. The van der Waals surface area contributed by atoms with E-state index in [1.165, 1.54) is 23.3 Å². The normalized spacial score (nSPS) is 14.0. The summed E-state index contributed by atoms with van der Waals surface area (Å²) in [5.74, 6) is -0.719. The summed E-state index contributed by atoms with van der Waals surface area (Å²) in [5.41, 5.74) is 2.62. The second-order valence-corrected chi connectivity index (χ2v) is 8.32. The van der Waals surface area contributed by atoms with Crippen LogP contribution in [0, 0.1) is 17.6 Å². The smallest absolute Gasteiger partial charge is 0.168 e. The first-order valence-corrected chi connectivity index (χ1v) is 10.1. The third-order valence-corrected chi connectivity index (χ3v) is 6.14. The standard InChI is InChI=1S/C23H22F2S/c1-2-3-15-6-8-17(9-7-15)19-11-12-20(23(25)22(19)24)21-13-10-18(26-21)14-16-4-5-16/h6-13,16H,2-5,14H2,1H3. The Hall–Kier alpha value is -2.00. The molecule has 0 unspecified atom stereocenters. The van der Waals surface area contributed by atoms with Crippen molar-refractivity contribution >= 4 is 11.3 Å². The van der Waals surface area contributed by atoms with Crippen LogP contribution in [0.25, 0.3) is 21.6 Å². The maximum absolute atomic E-state index is 14.7. The van der Waals surface area contributed by atoms with Crippen molar-refractivity contribution < 1.29 is 8.78 Å². The number of benzene rings is 2. The highest BCUT2D eigenvalue weighted by atomic mass is 32.1. The van der Waals surface area contributed by atoms with Gasteiger partial charge in [-0.1, -0.05) is 43.7 Å². The minimum Gasteiger partial charge on any atom is -0.203 e. The minimum atomic E-state index is -0.761. The third-order valence-electron chi connectivity index (χ3n) is 5.00. The summed E-state index contributed by atoms with van der Waals surface area (Å²) in [6, 6.07) is 15.1. The number of aryl methyl sites for hydroxylation is 1. The van der Waals surface area contributed by atoms with Crippen LogP contribution in [0.5, 0.6) is 0 Å². The predicted molar refractivity (Wildman–Crippen MR) is 106 cm³/mol. The lowest BCUT2D eigenvalue weighted by Crippen LogP contribution is -1.93. The zero-order valence-corrected chi connectivity index (χ0v) is 15.7. The highest BCUT2D eigenvalue weighted by molar-refractivity contribution is 7.15. The molecule has 1 aliphatic rings. The zero-order chi connectivity index (χ0) is 18.1. The van der Waals surface area contributed by atoms with Crippen LogP contribution in [0.4, 0.5) is 8.78 Å². The highest BCUT2D eigenvalue weighted by Crippen LogP contribution is 2.38.